The Morgan fingerprint density at radius 3 is 2.41 bits per heavy atom. The summed E-state index contributed by atoms with van der Waals surface area (Å²) in [6.07, 6.45) is 0.699. The molecule has 2 rings (SSSR count). The van der Waals surface area contributed by atoms with Crippen LogP contribution in [0.5, 0.6) is 11.5 Å². The first-order chi connectivity index (χ1) is 15.3. The minimum Gasteiger partial charge on any atom is -0.480 e. The predicted octanol–water partition coefficient (Wildman–Crippen LogP) is 2.89. The highest BCUT2D eigenvalue weighted by Gasteiger charge is 2.24. The average molecular weight is 467 g/mol. The van der Waals surface area contributed by atoms with Crippen LogP contribution in [0.3, 0.4) is 0 Å². The first-order valence-corrected chi connectivity index (χ1v) is 11.3. The molecule has 0 spiro atoms. The molecule has 0 fully saturated rings. The Bertz CT molecular complexity index is 922. The third-order valence-corrected chi connectivity index (χ3v) is 5.07. The van der Waals surface area contributed by atoms with Crippen molar-refractivity contribution in [2.24, 2.45) is 5.73 Å². The van der Waals surface area contributed by atoms with E-state index >= 15 is 0 Å². The van der Waals surface area contributed by atoms with Crippen molar-refractivity contribution >= 4 is 19.8 Å². The topological polar surface area (TPSA) is 155 Å². The van der Waals surface area contributed by atoms with Crippen molar-refractivity contribution in [2.45, 2.75) is 25.3 Å². The Labute approximate surface area is 185 Å². The van der Waals surface area contributed by atoms with Gasteiger partial charge in [0.25, 0.3) is 0 Å². The molecule has 0 radical (unpaired) electrons. The summed E-state index contributed by atoms with van der Waals surface area (Å²) in [4.78, 5) is 32.0. The number of para-hydroxylation sites is 2. The first-order valence-electron chi connectivity index (χ1n) is 9.83. The van der Waals surface area contributed by atoms with Crippen molar-refractivity contribution in [1.29, 1.82) is 0 Å². The average Bonchev–Trinajstić information content (AvgIpc) is 2.77. The fourth-order valence-corrected chi connectivity index (χ4v) is 3.23. The lowest BCUT2D eigenvalue weighted by atomic mass is 10.1. The highest BCUT2D eigenvalue weighted by Crippen LogP contribution is 2.43. The zero-order valence-corrected chi connectivity index (χ0v) is 18.2. The number of hydrogen-bond acceptors (Lipinski definition) is 8. The van der Waals surface area contributed by atoms with Gasteiger partial charge in [0.1, 0.15) is 17.5 Å². The second-order valence-electron chi connectivity index (χ2n) is 6.64. The molecule has 0 aliphatic heterocycles. The zero-order chi connectivity index (χ0) is 23.4. The predicted molar refractivity (Wildman–Crippen MR) is 114 cm³/mol. The van der Waals surface area contributed by atoms with Crippen LogP contribution < -0.4 is 10.5 Å². The third kappa shape index (κ3) is 9.59. The number of phosphoric ester groups is 1. The molecule has 2 atom stereocenters. The van der Waals surface area contributed by atoms with Gasteiger partial charge in [0.15, 0.2) is 0 Å². The summed E-state index contributed by atoms with van der Waals surface area (Å²) in [6, 6.07) is 15.3. The van der Waals surface area contributed by atoms with Crippen molar-refractivity contribution in [1.82, 2.24) is 0 Å². The number of nitrogens with two attached hydrogens (primary N) is 1. The monoisotopic (exact) mass is 467 g/mol. The fraction of sp³-hybridized carbons (Fsp3) is 0.333. The number of ether oxygens (including phenoxy) is 2. The van der Waals surface area contributed by atoms with E-state index in [-0.39, 0.29) is 26.1 Å². The lowest BCUT2D eigenvalue weighted by Gasteiger charge is -2.13. The van der Waals surface area contributed by atoms with E-state index in [9.17, 15) is 19.0 Å². The SMILES string of the molecule is N[C@@H](COP(=O)(O)OCCCOC(=O)CCc1ccccc1Oc1ccccc1)C(=O)O. The van der Waals surface area contributed by atoms with E-state index in [0.717, 1.165) is 5.56 Å². The molecule has 0 amide bonds. The van der Waals surface area contributed by atoms with Gasteiger partial charge in [-0.05, 0) is 30.2 Å². The summed E-state index contributed by atoms with van der Waals surface area (Å²) in [7, 11) is -4.44. The van der Waals surface area contributed by atoms with E-state index in [0.29, 0.717) is 17.9 Å². The number of phosphoric acid groups is 1. The van der Waals surface area contributed by atoms with Crippen LogP contribution in [-0.2, 0) is 34.4 Å². The van der Waals surface area contributed by atoms with Crippen LogP contribution >= 0.6 is 7.82 Å². The number of benzene rings is 2. The maximum Gasteiger partial charge on any atom is 0.472 e. The standard InChI is InChI=1S/C21H26NO9P/c22-18(21(24)25)15-30-32(26,27)29-14-6-13-28-20(23)12-11-16-7-4-5-10-19(16)31-17-8-2-1-3-9-17/h1-5,7-10,18H,6,11-15,22H2,(H,24,25)(H,26,27)/t18-/m0/s1. The highest BCUT2D eigenvalue weighted by molar-refractivity contribution is 7.47. The number of hydrogen-bond donors (Lipinski definition) is 3. The van der Waals surface area contributed by atoms with Crippen molar-refractivity contribution in [3.05, 3.63) is 60.2 Å². The summed E-state index contributed by atoms with van der Waals surface area (Å²) in [5.41, 5.74) is 6.03. The Morgan fingerprint density at radius 2 is 1.69 bits per heavy atom. The lowest BCUT2D eigenvalue weighted by Crippen LogP contribution is -2.34. The maximum absolute atomic E-state index is 12.0. The summed E-state index contributed by atoms with van der Waals surface area (Å²) in [5, 5.41) is 8.60. The Morgan fingerprint density at radius 1 is 1.00 bits per heavy atom. The molecule has 174 valence electrons. The molecule has 0 aliphatic rings. The second-order valence-corrected chi connectivity index (χ2v) is 8.09. The summed E-state index contributed by atoms with van der Waals surface area (Å²) >= 11 is 0. The van der Waals surface area contributed by atoms with Gasteiger partial charge in [-0.2, -0.15) is 0 Å². The van der Waals surface area contributed by atoms with Gasteiger partial charge in [0.2, 0.25) is 0 Å². The van der Waals surface area contributed by atoms with E-state index in [1.165, 1.54) is 0 Å². The Balaban J connectivity index is 1.67. The van der Waals surface area contributed by atoms with Gasteiger partial charge in [-0.1, -0.05) is 36.4 Å². The van der Waals surface area contributed by atoms with E-state index < -0.39 is 32.4 Å². The number of carboxylic acids is 1. The van der Waals surface area contributed by atoms with Gasteiger partial charge >= 0.3 is 19.8 Å². The van der Waals surface area contributed by atoms with Crippen LogP contribution in [0.4, 0.5) is 0 Å². The second kappa shape index (κ2) is 12.9. The van der Waals surface area contributed by atoms with E-state index in [1.807, 2.05) is 54.6 Å². The summed E-state index contributed by atoms with van der Waals surface area (Å²) in [5.74, 6) is -0.458. The summed E-state index contributed by atoms with van der Waals surface area (Å²) < 4.78 is 31.7. The lowest BCUT2D eigenvalue weighted by molar-refractivity contribution is -0.143. The molecule has 0 bridgehead atoms. The Kier molecular flexibility index (Phi) is 10.3. The van der Waals surface area contributed by atoms with Gasteiger partial charge < -0.3 is 25.2 Å². The number of rotatable bonds is 14. The number of esters is 1. The summed E-state index contributed by atoms with van der Waals surface area (Å²) in [6.45, 7) is -0.916. The van der Waals surface area contributed by atoms with Crippen LogP contribution in [0.1, 0.15) is 18.4 Å². The van der Waals surface area contributed by atoms with Crippen molar-refractivity contribution in [2.75, 3.05) is 19.8 Å². The number of carbonyl (C=O) groups is 2. The number of aryl methyl sites for hydroxylation is 1. The normalized spacial score (nSPS) is 13.7. The molecule has 0 heterocycles. The first kappa shape index (κ1) is 25.5. The molecule has 4 N–H and O–H groups in total. The van der Waals surface area contributed by atoms with Gasteiger partial charge in [-0.3, -0.25) is 18.6 Å². The van der Waals surface area contributed by atoms with Crippen molar-refractivity contribution < 1.29 is 42.7 Å². The van der Waals surface area contributed by atoms with Gasteiger partial charge in [0, 0.05) is 12.8 Å². The molecule has 0 saturated carbocycles. The van der Waals surface area contributed by atoms with E-state index in [2.05, 4.69) is 9.05 Å². The minimum atomic E-state index is -4.44. The fourth-order valence-electron chi connectivity index (χ4n) is 2.44. The van der Waals surface area contributed by atoms with Crippen LogP contribution in [0.15, 0.2) is 54.6 Å². The number of aliphatic carboxylic acids is 1. The third-order valence-electron chi connectivity index (χ3n) is 4.08. The Hall–Kier alpha value is -2.75. The van der Waals surface area contributed by atoms with Gasteiger partial charge in [-0.15, -0.1) is 0 Å². The van der Waals surface area contributed by atoms with E-state index in [1.54, 1.807) is 0 Å². The molecule has 11 heteroatoms. The number of carboxylic acid groups (broad SMARTS) is 1. The highest BCUT2D eigenvalue weighted by atomic mass is 31.2. The molecule has 2 aromatic carbocycles. The molecular weight excluding hydrogens is 441 g/mol. The van der Waals surface area contributed by atoms with Gasteiger partial charge in [-0.25, -0.2) is 4.57 Å². The smallest absolute Gasteiger partial charge is 0.472 e. The maximum atomic E-state index is 12.0. The molecule has 0 aliphatic carbocycles. The quantitative estimate of drug-likeness (QED) is 0.215. The molecule has 10 nitrogen and oxygen atoms in total. The molecule has 2 aromatic rings. The molecule has 32 heavy (non-hydrogen) atoms. The van der Waals surface area contributed by atoms with Crippen LogP contribution in [0.2, 0.25) is 0 Å². The van der Waals surface area contributed by atoms with Crippen LogP contribution in [-0.4, -0.2) is 47.8 Å². The van der Waals surface area contributed by atoms with Gasteiger partial charge in [0.05, 0.1) is 19.8 Å². The minimum absolute atomic E-state index is 0.0182. The van der Waals surface area contributed by atoms with Crippen LogP contribution in [0.25, 0.3) is 0 Å². The zero-order valence-electron chi connectivity index (χ0n) is 17.3. The molecule has 1 unspecified atom stereocenters. The molecule has 0 saturated heterocycles. The largest absolute Gasteiger partial charge is 0.480 e. The number of carbonyl (C=O) groups excluding carboxylic acids is 1. The van der Waals surface area contributed by atoms with E-state index in [4.69, 9.17) is 20.3 Å². The van der Waals surface area contributed by atoms with Crippen LogP contribution in [0, 0.1) is 0 Å². The van der Waals surface area contributed by atoms with Crippen molar-refractivity contribution in [3.8, 4) is 11.5 Å². The van der Waals surface area contributed by atoms with Crippen molar-refractivity contribution in [3.63, 3.8) is 0 Å². The molecular formula is C21H26NO9P. The molecule has 0 aromatic heterocycles.